The molecule has 150 valence electrons. The first-order valence-corrected chi connectivity index (χ1v) is 10.1. The maximum atomic E-state index is 10.4. The third kappa shape index (κ3) is 17.4. The van der Waals surface area contributed by atoms with Crippen molar-refractivity contribution >= 4 is 5.97 Å². The molecule has 0 rings (SSSR count). The first-order chi connectivity index (χ1) is 12.6. The van der Waals surface area contributed by atoms with Crippen molar-refractivity contribution in [1.82, 2.24) is 0 Å². The maximum Gasteiger partial charge on any atom is 0.303 e. The van der Waals surface area contributed by atoms with E-state index in [1.54, 1.807) is 0 Å². The van der Waals surface area contributed by atoms with Crippen molar-refractivity contribution in [3.05, 3.63) is 36.5 Å². The predicted octanol–water partition coefficient (Wildman–Crippen LogP) is 5.16. The Morgan fingerprint density at radius 2 is 1.46 bits per heavy atom. The maximum absolute atomic E-state index is 10.4. The number of aliphatic hydroxyl groups is 2. The van der Waals surface area contributed by atoms with Crippen LogP contribution < -0.4 is 0 Å². The van der Waals surface area contributed by atoms with Gasteiger partial charge in [0.25, 0.3) is 0 Å². The van der Waals surface area contributed by atoms with Crippen molar-refractivity contribution in [2.75, 3.05) is 0 Å². The third-order valence-corrected chi connectivity index (χ3v) is 4.23. The average molecular weight is 367 g/mol. The molecular weight excluding hydrogens is 328 g/mol. The highest BCUT2D eigenvalue weighted by atomic mass is 16.4. The first-order valence-electron chi connectivity index (χ1n) is 10.1. The number of carboxylic acids is 1. The van der Waals surface area contributed by atoms with Crippen molar-refractivity contribution in [2.45, 2.75) is 96.2 Å². The molecule has 3 N–H and O–H groups in total. The first kappa shape index (κ1) is 24.6. The van der Waals surface area contributed by atoms with Gasteiger partial charge < -0.3 is 15.3 Å². The molecule has 26 heavy (non-hydrogen) atoms. The van der Waals surface area contributed by atoms with E-state index >= 15 is 0 Å². The second kappa shape index (κ2) is 18.4. The van der Waals surface area contributed by atoms with E-state index in [4.69, 9.17) is 5.11 Å². The summed E-state index contributed by atoms with van der Waals surface area (Å²) < 4.78 is 0. The highest BCUT2D eigenvalue weighted by Crippen LogP contribution is 2.10. The normalized spacial score (nSPS) is 14.6. The zero-order chi connectivity index (χ0) is 19.5. The van der Waals surface area contributed by atoms with Crippen LogP contribution in [-0.4, -0.2) is 33.5 Å². The molecule has 0 aromatic carbocycles. The molecule has 0 heterocycles. The zero-order valence-corrected chi connectivity index (χ0v) is 16.4. The van der Waals surface area contributed by atoms with Gasteiger partial charge in [-0.1, -0.05) is 69.1 Å². The van der Waals surface area contributed by atoms with Gasteiger partial charge in [0.05, 0.1) is 12.2 Å². The Labute approximate surface area is 159 Å². The Morgan fingerprint density at radius 1 is 0.808 bits per heavy atom. The molecule has 0 radical (unpaired) electrons. The smallest absolute Gasteiger partial charge is 0.303 e. The van der Waals surface area contributed by atoms with Gasteiger partial charge in [0.1, 0.15) is 0 Å². The summed E-state index contributed by atoms with van der Waals surface area (Å²) in [5.74, 6) is -0.711. The molecule has 2 atom stereocenters. The second-order valence-corrected chi connectivity index (χ2v) is 6.74. The Bertz CT molecular complexity index is 412. The Balaban J connectivity index is 3.57. The van der Waals surface area contributed by atoms with Gasteiger partial charge in [-0.25, -0.2) is 0 Å². The number of allylic oxidation sites excluding steroid dienone is 5. The van der Waals surface area contributed by atoms with Crippen molar-refractivity contribution in [2.24, 2.45) is 0 Å². The van der Waals surface area contributed by atoms with Crippen LogP contribution in [0.25, 0.3) is 0 Å². The topological polar surface area (TPSA) is 77.8 Å². The van der Waals surface area contributed by atoms with Crippen molar-refractivity contribution in [3.63, 3.8) is 0 Å². The summed E-state index contributed by atoms with van der Waals surface area (Å²) in [6.45, 7) is 2.13. The second-order valence-electron chi connectivity index (χ2n) is 6.74. The largest absolute Gasteiger partial charge is 0.481 e. The van der Waals surface area contributed by atoms with E-state index in [2.05, 4.69) is 31.2 Å². The minimum atomic E-state index is -0.711. The Kier molecular flexibility index (Phi) is 17.4. The molecule has 0 amide bonds. The lowest BCUT2D eigenvalue weighted by Gasteiger charge is -2.15. The van der Waals surface area contributed by atoms with Crippen LogP contribution in [0.5, 0.6) is 0 Å². The van der Waals surface area contributed by atoms with Gasteiger partial charge in [0.2, 0.25) is 0 Å². The number of hydrogen-bond acceptors (Lipinski definition) is 3. The lowest BCUT2D eigenvalue weighted by molar-refractivity contribution is -0.137. The van der Waals surface area contributed by atoms with Crippen LogP contribution in [0.2, 0.25) is 0 Å². The van der Waals surface area contributed by atoms with E-state index in [0.29, 0.717) is 12.8 Å². The number of aliphatic hydroxyl groups excluding tert-OH is 2. The summed E-state index contributed by atoms with van der Waals surface area (Å²) in [5.41, 5.74) is 0. The summed E-state index contributed by atoms with van der Waals surface area (Å²) in [5, 5.41) is 28.2. The number of carbonyl (C=O) groups is 1. The van der Waals surface area contributed by atoms with Gasteiger partial charge in [-0.15, -0.1) is 0 Å². The van der Waals surface area contributed by atoms with Gasteiger partial charge in [-0.3, -0.25) is 4.79 Å². The molecule has 0 bridgehead atoms. The molecule has 0 saturated heterocycles. The van der Waals surface area contributed by atoms with E-state index in [1.807, 2.05) is 12.2 Å². The Hall–Kier alpha value is -1.39. The quantitative estimate of drug-likeness (QED) is 0.245. The number of aliphatic carboxylic acids is 1. The fraction of sp³-hybridized carbons (Fsp3) is 0.682. The molecule has 0 saturated carbocycles. The highest BCUT2D eigenvalue weighted by Gasteiger charge is 2.13. The summed E-state index contributed by atoms with van der Waals surface area (Å²) in [6.07, 6.45) is 21.3. The molecule has 0 aromatic heterocycles. The number of rotatable bonds is 17. The molecule has 0 spiro atoms. The van der Waals surface area contributed by atoms with Crippen molar-refractivity contribution in [1.29, 1.82) is 0 Å². The van der Waals surface area contributed by atoms with Crippen molar-refractivity contribution < 1.29 is 20.1 Å². The van der Waals surface area contributed by atoms with Gasteiger partial charge in [0, 0.05) is 6.42 Å². The Morgan fingerprint density at radius 3 is 2.12 bits per heavy atom. The van der Waals surface area contributed by atoms with E-state index in [-0.39, 0.29) is 6.42 Å². The summed E-state index contributed by atoms with van der Waals surface area (Å²) in [4.78, 5) is 10.4. The minimum absolute atomic E-state index is 0.273. The highest BCUT2D eigenvalue weighted by molar-refractivity contribution is 5.66. The number of carboxylic acid groups (broad SMARTS) is 1. The summed E-state index contributed by atoms with van der Waals surface area (Å²) in [7, 11) is 0. The van der Waals surface area contributed by atoms with E-state index < -0.39 is 18.2 Å². The monoisotopic (exact) mass is 366 g/mol. The van der Waals surface area contributed by atoms with E-state index in [9.17, 15) is 15.0 Å². The molecule has 0 aliphatic rings. The molecule has 2 unspecified atom stereocenters. The van der Waals surface area contributed by atoms with E-state index in [1.165, 1.54) is 0 Å². The van der Waals surface area contributed by atoms with Crippen LogP contribution in [0.4, 0.5) is 0 Å². The third-order valence-electron chi connectivity index (χ3n) is 4.23. The molecule has 0 aliphatic carbocycles. The minimum Gasteiger partial charge on any atom is -0.481 e. The average Bonchev–Trinajstić information content (AvgIpc) is 2.61. The fourth-order valence-corrected chi connectivity index (χ4v) is 2.56. The fourth-order valence-electron chi connectivity index (χ4n) is 2.56. The van der Waals surface area contributed by atoms with Gasteiger partial charge >= 0.3 is 5.97 Å². The van der Waals surface area contributed by atoms with Crippen LogP contribution in [0.3, 0.4) is 0 Å². The van der Waals surface area contributed by atoms with Crippen LogP contribution in [0.1, 0.15) is 84.0 Å². The van der Waals surface area contributed by atoms with Crippen molar-refractivity contribution in [3.8, 4) is 0 Å². The lowest BCUT2D eigenvalue weighted by atomic mass is 10.0. The lowest BCUT2D eigenvalue weighted by Crippen LogP contribution is -2.25. The standard InChI is InChI=1S/C22H38O4/c1-2-3-14-17-20(23)21(24)18-15-12-10-8-6-4-5-7-9-11-13-16-19-22(25)26/h5-8,12,15,20-21,23-24H,2-4,9-11,13-14,16-19H2,1H3,(H,25,26)/b7-5+,8-6+,15-12+. The summed E-state index contributed by atoms with van der Waals surface area (Å²) >= 11 is 0. The molecule has 0 aliphatic heterocycles. The number of hydrogen-bond donors (Lipinski definition) is 3. The molecule has 4 heteroatoms. The zero-order valence-electron chi connectivity index (χ0n) is 16.4. The SMILES string of the molecule is CCCCCC(O)C(O)C/C=C/C/C=C/C/C=C/CCCCCC(=O)O. The predicted molar refractivity (Wildman–Crippen MR) is 108 cm³/mol. The summed E-state index contributed by atoms with van der Waals surface area (Å²) in [6, 6.07) is 0. The number of unbranched alkanes of at least 4 members (excludes halogenated alkanes) is 5. The molecule has 0 aromatic rings. The van der Waals surface area contributed by atoms with Crippen LogP contribution >= 0.6 is 0 Å². The van der Waals surface area contributed by atoms with Crippen LogP contribution in [0.15, 0.2) is 36.5 Å². The van der Waals surface area contributed by atoms with Crippen LogP contribution in [0, 0.1) is 0 Å². The molecule has 4 nitrogen and oxygen atoms in total. The molecular formula is C22H38O4. The molecule has 0 fully saturated rings. The van der Waals surface area contributed by atoms with Gasteiger partial charge in [0.15, 0.2) is 0 Å². The van der Waals surface area contributed by atoms with Crippen LogP contribution in [-0.2, 0) is 4.79 Å². The van der Waals surface area contributed by atoms with Gasteiger partial charge in [-0.05, 0) is 44.9 Å². The van der Waals surface area contributed by atoms with Gasteiger partial charge in [-0.2, -0.15) is 0 Å². The van der Waals surface area contributed by atoms with E-state index in [0.717, 1.165) is 57.8 Å².